The predicted octanol–water partition coefficient (Wildman–Crippen LogP) is 4.74. The molecule has 9 nitrogen and oxygen atoms in total. The zero-order valence-corrected chi connectivity index (χ0v) is 23.3. The van der Waals surface area contributed by atoms with Crippen molar-refractivity contribution in [2.75, 3.05) is 12.3 Å². The van der Waals surface area contributed by atoms with Crippen molar-refractivity contribution < 1.29 is 18.7 Å². The van der Waals surface area contributed by atoms with Gasteiger partial charge in [-0.2, -0.15) is 5.10 Å². The van der Waals surface area contributed by atoms with Gasteiger partial charge < -0.3 is 20.0 Å². The molecule has 36 heavy (non-hydrogen) atoms. The minimum absolute atomic E-state index is 0.244. The summed E-state index contributed by atoms with van der Waals surface area (Å²) in [5.41, 5.74) is 7.32. The summed E-state index contributed by atoms with van der Waals surface area (Å²) in [4.78, 5) is 13.4. The van der Waals surface area contributed by atoms with Crippen molar-refractivity contribution >= 4 is 36.9 Å². The standard InChI is InChI=1S/C24H35FN6O3SSi/c1-13(2)36(14(3)4,15(5)6)34-20-17(11-32)33-24(19(20)25)31-22-18(21(26)28-12-29-22)23(30-31)35-16-7-9-27-10-8-16/h7-10,12-15,17,19-20,24,32H,11H2,1-6H3,(H2,26,28,29)/t17-,19+,20-,24-/m1/s1. The average molecular weight is 535 g/mol. The Hall–Kier alpha value is -2.12. The van der Waals surface area contributed by atoms with Crippen molar-refractivity contribution in [3.8, 4) is 0 Å². The molecule has 1 fully saturated rings. The molecule has 0 amide bonds. The molecule has 3 aromatic rings. The SMILES string of the molecule is CC(C)[Si](O[C@H]1[C@H](F)[C@H](n2nc(Sc3ccncc3)c3c(N)ncnc32)O[C@@H]1CO)(C(C)C)C(C)C. The zero-order valence-electron chi connectivity index (χ0n) is 21.5. The van der Waals surface area contributed by atoms with Crippen LogP contribution in [0.2, 0.25) is 16.6 Å². The molecule has 0 bridgehead atoms. The van der Waals surface area contributed by atoms with Gasteiger partial charge >= 0.3 is 0 Å². The number of ether oxygens (including phenoxy) is 1. The Labute approximate surface area is 216 Å². The van der Waals surface area contributed by atoms with Crippen LogP contribution in [0.4, 0.5) is 10.2 Å². The van der Waals surface area contributed by atoms with Crippen LogP contribution in [0.25, 0.3) is 11.0 Å². The first kappa shape index (κ1) is 26.9. The van der Waals surface area contributed by atoms with Gasteiger partial charge in [0.15, 0.2) is 18.0 Å². The first-order valence-corrected chi connectivity index (χ1v) is 15.2. The van der Waals surface area contributed by atoms with Gasteiger partial charge in [0.2, 0.25) is 8.32 Å². The number of pyridine rings is 1. The Kier molecular flexibility index (Phi) is 8.00. The third-order valence-electron chi connectivity index (χ3n) is 7.09. The fourth-order valence-electron chi connectivity index (χ4n) is 5.55. The summed E-state index contributed by atoms with van der Waals surface area (Å²) in [6, 6.07) is 3.69. The highest BCUT2D eigenvalue weighted by molar-refractivity contribution is 7.99. The van der Waals surface area contributed by atoms with E-state index < -0.39 is 32.9 Å². The Morgan fingerprint density at radius 2 is 1.78 bits per heavy atom. The van der Waals surface area contributed by atoms with Crippen LogP contribution in [-0.4, -0.2) is 63.1 Å². The highest BCUT2D eigenvalue weighted by Crippen LogP contribution is 2.47. The molecule has 0 aromatic carbocycles. The van der Waals surface area contributed by atoms with E-state index in [0.717, 1.165) is 4.90 Å². The lowest BCUT2D eigenvalue weighted by molar-refractivity contribution is -0.0500. The molecule has 196 valence electrons. The first-order chi connectivity index (χ1) is 17.1. The Balaban J connectivity index is 1.74. The van der Waals surface area contributed by atoms with Crippen LogP contribution >= 0.6 is 11.8 Å². The lowest BCUT2D eigenvalue weighted by Gasteiger charge is -2.44. The van der Waals surface area contributed by atoms with Gasteiger partial charge in [0.25, 0.3) is 0 Å². The van der Waals surface area contributed by atoms with Crippen LogP contribution < -0.4 is 5.73 Å². The molecule has 3 N–H and O–H groups in total. The van der Waals surface area contributed by atoms with Crippen molar-refractivity contribution in [1.82, 2.24) is 24.7 Å². The molecule has 1 aliphatic heterocycles. The summed E-state index contributed by atoms with van der Waals surface area (Å²) < 4.78 is 30.5. The number of anilines is 1. The zero-order chi connectivity index (χ0) is 26.2. The molecule has 4 atom stereocenters. The van der Waals surface area contributed by atoms with Gasteiger partial charge in [-0.25, -0.2) is 19.0 Å². The maximum absolute atomic E-state index is 16.3. The number of nitrogens with zero attached hydrogens (tertiary/aromatic N) is 5. The molecular formula is C24H35FN6O3SSi. The van der Waals surface area contributed by atoms with E-state index in [9.17, 15) is 5.11 Å². The van der Waals surface area contributed by atoms with Gasteiger partial charge in [0.05, 0.1) is 12.0 Å². The highest BCUT2D eigenvalue weighted by Gasteiger charge is 2.54. The molecule has 12 heteroatoms. The van der Waals surface area contributed by atoms with Gasteiger partial charge in [-0.1, -0.05) is 53.3 Å². The molecule has 0 unspecified atom stereocenters. The third kappa shape index (κ3) is 4.65. The Morgan fingerprint density at radius 1 is 1.14 bits per heavy atom. The summed E-state index contributed by atoms with van der Waals surface area (Å²) in [5, 5.41) is 15.9. The van der Waals surface area contributed by atoms with E-state index >= 15 is 4.39 Å². The van der Waals surface area contributed by atoms with Crippen molar-refractivity contribution in [3.05, 3.63) is 30.9 Å². The summed E-state index contributed by atoms with van der Waals surface area (Å²) in [6.07, 6.45) is 0.237. The topological polar surface area (TPSA) is 121 Å². The molecule has 1 aliphatic rings. The highest BCUT2D eigenvalue weighted by atomic mass is 32.2. The van der Waals surface area contributed by atoms with Crippen LogP contribution in [0.5, 0.6) is 0 Å². The fraction of sp³-hybridized carbons (Fsp3) is 0.583. The second-order valence-electron chi connectivity index (χ2n) is 10.1. The molecule has 1 saturated heterocycles. The van der Waals surface area contributed by atoms with Gasteiger partial charge in [-0.05, 0) is 28.8 Å². The van der Waals surface area contributed by atoms with Crippen LogP contribution in [0.1, 0.15) is 47.8 Å². The quantitative estimate of drug-likeness (QED) is 0.375. The minimum atomic E-state index is -2.45. The normalized spacial score (nSPS) is 23.0. The summed E-state index contributed by atoms with van der Waals surface area (Å²) >= 11 is 1.36. The molecule has 0 radical (unpaired) electrons. The minimum Gasteiger partial charge on any atom is -0.407 e. The van der Waals surface area contributed by atoms with E-state index in [0.29, 0.717) is 16.1 Å². The lowest BCUT2D eigenvalue weighted by Crippen LogP contribution is -2.53. The van der Waals surface area contributed by atoms with E-state index in [4.69, 9.17) is 14.9 Å². The van der Waals surface area contributed by atoms with Crippen LogP contribution in [0.3, 0.4) is 0 Å². The number of nitrogen functional groups attached to an aromatic ring is 1. The lowest BCUT2D eigenvalue weighted by atomic mass is 10.1. The monoisotopic (exact) mass is 534 g/mol. The average Bonchev–Trinajstić information content (AvgIpc) is 3.35. The van der Waals surface area contributed by atoms with Crippen molar-refractivity contribution in [2.24, 2.45) is 0 Å². The smallest absolute Gasteiger partial charge is 0.201 e. The predicted molar refractivity (Wildman–Crippen MR) is 140 cm³/mol. The number of aliphatic hydroxyl groups excluding tert-OH is 1. The number of aromatic nitrogens is 5. The maximum Gasteiger partial charge on any atom is 0.201 e. The van der Waals surface area contributed by atoms with Crippen LogP contribution in [-0.2, 0) is 9.16 Å². The van der Waals surface area contributed by atoms with E-state index in [1.54, 1.807) is 12.4 Å². The number of nitrogens with two attached hydrogens (primary N) is 1. The molecule has 4 rings (SSSR count). The third-order valence-corrected chi connectivity index (χ3v) is 14.2. The number of fused-ring (bicyclic) bond motifs is 1. The molecule has 0 saturated carbocycles. The number of alkyl halides is 1. The van der Waals surface area contributed by atoms with E-state index in [-0.39, 0.29) is 29.0 Å². The van der Waals surface area contributed by atoms with Crippen molar-refractivity contribution in [3.63, 3.8) is 0 Å². The second kappa shape index (κ2) is 10.7. The van der Waals surface area contributed by atoms with Crippen molar-refractivity contribution in [1.29, 1.82) is 0 Å². The largest absolute Gasteiger partial charge is 0.407 e. The van der Waals surface area contributed by atoms with E-state index in [1.807, 2.05) is 12.1 Å². The Morgan fingerprint density at radius 3 is 2.36 bits per heavy atom. The Bertz CT molecular complexity index is 1160. The molecule has 4 heterocycles. The van der Waals surface area contributed by atoms with Gasteiger partial charge in [-0.3, -0.25) is 4.98 Å². The molecule has 0 aliphatic carbocycles. The van der Waals surface area contributed by atoms with Gasteiger partial charge in [0, 0.05) is 17.3 Å². The number of halogens is 1. The number of aliphatic hydroxyl groups is 1. The number of hydrogen-bond donors (Lipinski definition) is 2. The second-order valence-corrected chi connectivity index (χ2v) is 16.6. The fourth-order valence-corrected chi connectivity index (χ4v) is 12.0. The van der Waals surface area contributed by atoms with Crippen LogP contribution in [0.15, 0.2) is 40.8 Å². The van der Waals surface area contributed by atoms with Crippen LogP contribution in [0, 0.1) is 0 Å². The van der Waals surface area contributed by atoms with Gasteiger partial charge in [-0.15, -0.1) is 0 Å². The summed E-state index contributed by atoms with van der Waals surface area (Å²) in [6.45, 7) is 12.5. The maximum atomic E-state index is 16.3. The molecular weight excluding hydrogens is 499 g/mol. The van der Waals surface area contributed by atoms with Gasteiger partial charge in [0.1, 0.15) is 29.4 Å². The van der Waals surface area contributed by atoms with E-state index in [2.05, 4.69) is 61.6 Å². The summed E-state index contributed by atoms with van der Waals surface area (Å²) in [5.74, 6) is 0.244. The summed E-state index contributed by atoms with van der Waals surface area (Å²) in [7, 11) is -2.45. The molecule has 3 aromatic heterocycles. The van der Waals surface area contributed by atoms with Crippen molar-refractivity contribution in [2.45, 2.75) is 92.7 Å². The molecule has 0 spiro atoms. The first-order valence-electron chi connectivity index (χ1n) is 12.3. The van der Waals surface area contributed by atoms with E-state index in [1.165, 1.54) is 22.8 Å². The number of hydrogen-bond acceptors (Lipinski definition) is 9. The number of rotatable bonds is 9.